The first-order valence-corrected chi connectivity index (χ1v) is 6.28. The number of carbonyl (C=O) groups is 1. The van der Waals surface area contributed by atoms with Crippen molar-refractivity contribution in [3.8, 4) is 0 Å². The molecule has 0 aliphatic carbocycles. The van der Waals surface area contributed by atoms with E-state index in [2.05, 4.69) is 15.2 Å². The van der Waals surface area contributed by atoms with E-state index in [9.17, 15) is 4.79 Å². The van der Waals surface area contributed by atoms with Crippen molar-refractivity contribution in [2.75, 3.05) is 0 Å². The summed E-state index contributed by atoms with van der Waals surface area (Å²) in [5.74, 6) is -0.122. The summed E-state index contributed by atoms with van der Waals surface area (Å²) in [6.07, 6.45) is 0. The van der Waals surface area contributed by atoms with Crippen molar-refractivity contribution in [1.82, 2.24) is 0 Å². The van der Waals surface area contributed by atoms with Crippen LogP contribution < -0.4 is 0 Å². The van der Waals surface area contributed by atoms with E-state index in [-0.39, 0.29) is 11.6 Å². The van der Waals surface area contributed by atoms with Crippen LogP contribution in [0.15, 0.2) is 69.8 Å². The Morgan fingerprint density at radius 2 is 1.55 bits per heavy atom. The van der Waals surface area contributed by atoms with Gasteiger partial charge in [-0.15, -0.1) is 10.2 Å². The molecule has 0 unspecified atom stereocenters. The van der Waals surface area contributed by atoms with Crippen LogP contribution in [0.4, 0.5) is 11.4 Å². The Bertz CT molecular complexity index is 643. The fraction of sp³-hybridized carbons (Fsp3) is 0.125. The van der Waals surface area contributed by atoms with E-state index in [1.165, 1.54) is 6.92 Å². The van der Waals surface area contributed by atoms with E-state index < -0.39 is 0 Å². The quantitative estimate of drug-likeness (QED) is 0.461. The lowest BCUT2D eigenvalue weighted by molar-refractivity contribution is -0.111. The highest BCUT2D eigenvalue weighted by Gasteiger charge is 2.04. The molecular weight excluding hydrogens is 250 g/mol. The van der Waals surface area contributed by atoms with Gasteiger partial charge in [-0.1, -0.05) is 35.9 Å². The van der Waals surface area contributed by atoms with E-state index in [1.54, 1.807) is 0 Å². The summed E-state index contributed by atoms with van der Waals surface area (Å²) in [7, 11) is 0. The van der Waals surface area contributed by atoms with Crippen molar-refractivity contribution >= 4 is 23.0 Å². The second-order valence-electron chi connectivity index (χ2n) is 4.36. The monoisotopic (exact) mass is 265 g/mol. The first-order chi connectivity index (χ1) is 9.65. The predicted molar refractivity (Wildman–Crippen MR) is 79.9 cm³/mol. The van der Waals surface area contributed by atoms with Gasteiger partial charge in [-0.05, 0) is 31.2 Å². The normalized spacial score (nSPS) is 11.8. The number of carbonyl (C=O) groups excluding carboxylic acids is 1. The van der Waals surface area contributed by atoms with Crippen LogP contribution in [0.3, 0.4) is 0 Å². The van der Waals surface area contributed by atoms with Crippen LogP contribution >= 0.6 is 0 Å². The van der Waals surface area contributed by atoms with E-state index in [4.69, 9.17) is 0 Å². The van der Waals surface area contributed by atoms with Crippen LogP contribution in [0, 0.1) is 6.92 Å². The van der Waals surface area contributed by atoms with E-state index in [1.807, 2.05) is 61.5 Å². The average Bonchev–Trinajstić information content (AvgIpc) is 2.46. The molecule has 0 saturated carbocycles. The summed E-state index contributed by atoms with van der Waals surface area (Å²) in [6.45, 7) is 3.42. The highest BCUT2D eigenvalue weighted by Crippen LogP contribution is 2.15. The van der Waals surface area contributed by atoms with E-state index in [0.717, 1.165) is 5.56 Å². The Hall–Kier alpha value is -2.62. The molecule has 0 aliphatic rings. The third-order valence-electron chi connectivity index (χ3n) is 2.60. The maximum absolute atomic E-state index is 11.6. The van der Waals surface area contributed by atoms with Crippen molar-refractivity contribution < 1.29 is 4.79 Å². The number of azo groups is 1. The van der Waals surface area contributed by atoms with Gasteiger partial charge in [0.05, 0.1) is 11.4 Å². The molecule has 0 heterocycles. The summed E-state index contributed by atoms with van der Waals surface area (Å²) in [6, 6.07) is 16.8. The lowest BCUT2D eigenvalue weighted by Crippen LogP contribution is -2.05. The summed E-state index contributed by atoms with van der Waals surface area (Å²) < 4.78 is 0. The second-order valence-corrected chi connectivity index (χ2v) is 4.36. The summed E-state index contributed by atoms with van der Waals surface area (Å²) in [5.41, 5.74) is 2.51. The molecule has 4 heteroatoms. The number of aryl methyl sites for hydroxylation is 1. The molecule has 100 valence electrons. The largest absolute Gasteiger partial charge is 0.291 e. The van der Waals surface area contributed by atoms with Crippen LogP contribution in [0.2, 0.25) is 0 Å². The van der Waals surface area contributed by atoms with Gasteiger partial charge in [0, 0.05) is 6.92 Å². The molecule has 2 rings (SSSR count). The van der Waals surface area contributed by atoms with Crippen LogP contribution in [-0.4, -0.2) is 11.6 Å². The summed E-state index contributed by atoms with van der Waals surface area (Å²) >= 11 is 0. The van der Waals surface area contributed by atoms with Crippen molar-refractivity contribution in [3.05, 3.63) is 60.2 Å². The van der Waals surface area contributed by atoms with Gasteiger partial charge in [0.25, 0.3) is 0 Å². The van der Waals surface area contributed by atoms with Crippen molar-refractivity contribution in [3.63, 3.8) is 0 Å². The molecule has 0 N–H and O–H groups in total. The fourth-order valence-corrected chi connectivity index (χ4v) is 1.51. The molecule has 0 amide bonds. The molecule has 4 nitrogen and oxygen atoms in total. The van der Waals surface area contributed by atoms with Gasteiger partial charge < -0.3 is 0 Å². The smallest absolute Gasteiger partial charge is 0.218 e. The molecule has 0 atom stereocenters. The molecule has 0 aliphatic heterocycles. The van der Waals surface area contributed by atoms with Gasteiger partial charge in [0.1, 0.15) is 0 Å². The van der Waals surface area contributed by atoms with Crippen molar-refractivity contribution in [1.29, 1.82) is 0 Å². The van der Waals surface area contributed by atoms with Gasteiger partial charge in [-0.25, -0.2) is 4.99 Å². The Kier molecular flexibility index (Phi) is 4.50. The minimum atomic E-state index is -0.217. The van der Waals surface area contributed by atoms with Crippen LogP contribution in [-0.2, 0) is 4.79 Å². The molecule has 2 aromatic carbocycles. The first-order valence-electron chi connectivity index (χ1n) is 6.28. The van der Waals surface area contributed by atoms with Gasteiger partial charge in [-0.3, -0.25) is 4.79 Å². The number of hydrogen-bond donors (Lipinski definition) is 0. The maximum Gasteiger partial charge on any atom is 0.218 e. The van der Waals surface area contributed by atoms with Gasteiger partial charge in [0.2, 0.25) is 5.84 Å². The topological polar surface area (TPSA) is 54.1 Å². The molecule has 2 aromatic rings. The Balaban J connectivity index is 2.25. The SMILES string of the molecule is CC(=O)C(N=Nc1ccccc1)=Nc1ccc(C)cc1. The fourth-order valence-electron chi connectivity index (χ4n) is 1.51. The van der Waals surface area contributed by atoms with Gasteiger partial charge in [0.15, 0.2) is 5.78 Å². The standard InChI is InChI=1S/C16H15N3O/c1-12-8-10-14(11-9-12)17-16(13(2)20)19-18-15-6-4-3-5-7-15/h3-11H,1-2H3. The minimum absolute atomic E-state index is 0.0951. The van der Waals surface area contributed by atoms with Crippen molar-refractivity contribution in [2.24, 2.45) is 15.2 Å². The highest BCUT2D eigenvalue weighted by molar-refractivity contribution is 6.38. The summed E-state index contributed by atoms with van der Waals surface area (Å²) in [4.78, 5) is 15.8. The van der Waals surface area contributed by atoms with Crippen LogP contribution in [0.5, 0.6) is 0 Å². The van der Waals surface area contributed by atoms with Crippen LogP contribution in [0.1, 0.15) is 12.5 Å². The third kappa shape index (κ3) is 3.95. The molecule has 0 radical (unpaired) electrons. The number of nitrogens with zero attached hydrogens (tertiary/aromatic N) is 3. The molecule has 0 bridgehead atoms. The number of ketones is 1. The van der Waals surface area contributed by atoms with E-state index >= 15 is 0 Å². The summed E-state index contributed by atoms with van der Waals surface area (Å²) in [5, 5.41) is 7.95. The number of amidine groups is 1. The molecular formula is C16H15N3O. The lowest BCUT2D eigenvalue weighted by atomic mass is 10.2. The number of hydrogen-bond acceptors (Lipinski definition) is 3. The Morgan fingerprint density at radius 1 is 0.900 bits per heavy atom. The number of aliphatic imine (C=N–C) groups is 1. The van der Waals surface area contributed by atoms with Crippen molar-refractivity contribution in [2.45, 2.75) is 13.8 Å². The zero-order valence-electron chi connectivity index (χ0n) is 11.4. The zero-order chi connectivity index (χ0) is 14.4. The Morgan fingerprint density at radius 3 is 2.15 bits per heavy atom. The lowest BCUT2D eigenvalue weighted by Gasteiger charge is -1.97. The molecule has 0 fully saturated rings. The molecule has 0 spiro atoms. The zero-order valence-corrected chi connectivity index (χ0v) is 11.4. The van der Waals surface area contributed by atoms with E-state index in [0.29, 0.717) is 11.4 Å². The minimum Gasteiger partial charge on any atom is -0.291 e. The van der Waals surface area contributed by atoms with Gasteiger partial charge >= 0.3 is 0 Å². The molecule has 0 saturated heterocycles. The number of rotatable bonds is 3. The van der Waals surface area contributed by atoms with Gasteiger partial charge in [-0.2, -0.15) is 0 Å². The molecule has 0 aromatic heterocycles. The Labute approximate surface area is 117 Å². The predicted octanol–water partition coefficient (Wildman–Crippen LogP) is 4.40. The third-order valence-corrected chi connectivity index (χ3v) is 2.60. The van der Waals surface area contributed by atoms with Crippen LogP contribution in [0.25, 0.3) is 0 Å². The molecule has 20 heavy (non-hydrogen) atoms. The maximum atomic E-state index is 11.6. The second kappa shape index (κ2) is 6.52. The number of Topliss-reactive ketones (excluding diaryl/α,β-unsaturated/α-hetero) is 1. The first kappa shape index (κ1) is 13.8. The highest BCUT2D eigenvalue weighted by atomic mass is 16.1. The average molecular weight is 265 g/mol. The number of benzene rings is 2.